The fraction of sp³-hybridized carbons (Fsp3) is 0.818. The highest BCUT2D eigenvalue weighted by Gasteiger charge is 2.55. The summed E-state index contributed by atoms with van der Waals surface area (Å²) in [6.07, 6.45) is 10.1. The van der Waals surface area contributed by atoms with Crippen LogP contribution in [0.3, 0.4) is 0 Å². The van der Waals surface area contributed by atoms with Gasteiger partial charge in [-0.25, -0.2) is 20.0 Å². The lowest BCUT2D eigenvalue weighted by Gasteiger charge is -2.36. The van der Waals surface area contributed by atoms with Crippen molar-refractivity contribution >= 4 is 24.3 Å². The molecule has 3 aliphatic rings. The highest BCUT2D eigenvalue weighted by molar-refractivity contribution is 5.97. The number of urea groups is 1. The second-order valence-corrected chi connectivity index (χ2v) is 9.51. The quantitative estimate of drug-likeness (QED) is 0.284. The number of carbonyl (C=O) groups is 4. The van der Waals surface area contributed by atoms with Crippen LogP contribution in [0.25, 0.3) is 0 Å². The van der Waals surface area contributed by atoms with Crippen LogP contribution in [-0.4, -0.2) is 58.1 Å². The van der Waals surface area contributed by atoms with E-state index in [9.17, 15) is 24.4 Å². The monoisotopic (exact) mass is 422 g/mol. The number of nitrogens with zero attached hydrogens (tertiary/aromatic N) is 2. The molecule has 3 atom stereocenters. The fourth-order valence-electron chi connectivity index (χ4n) is 5.80. The smallest absolute Gasteiger partial charge is 0.286 e. The molecule has 0 bridgehead atoms. The molecular weight excluding hydrogens is 386 g/mol. The van der Waals surface area contributed by atoms with Crippen molar-refractivity contribution in [3.05, 3.63) is 0 Å². The minimum Gasteiger partial charge on any atom is -0.286 e. The van der Waals surface area contributed by atoms with E-state index in [1.165, 1.54) is 0 Å². The van der Waals surface area contributed by atoms with Gasteiger partial charge in [0.1, 0.15) is 6.04 Å². The number of hydrogen-bond acceptors (Lipinski definition) is 5. The van der Waals surface area contributed by atoms with Crippen LogP contribution in [0.2, 0.25) is 0 Å². The fourth-order valence-corrected chi connectivity index (χ4v) is 5.80. The molecule has 1 aliphatic heterocycles. The summed E-state index contributed by atoms with van der Waals surface area (Å²) in [7, 11) is 0. The standard InChI is InChI=1S/C22H35N3O5/c1-16-7-6-12-25(16,22(29)23-20(27)18-10-4-5-11-18)21(28)19(14-24(30)15-26)13-17-8-2-3-9-17/h15-19,30H,2-14H2,1H3/p+1/t16-,19-,25?/m1/s1. The van der Waals surface area contributed by atoms with Gasteiger partial charge in [0.05, 0.1) is 19.0 Å². The predicted octanol–water partition coefficient (Wildman–Crippen LogP) is 2.98. The summed E-state index contributed by atoms with van der Waals surface area (Å²) in [6, 6.07) is -0.766. The van der Waals surface area contributed by atoms with E-state index < -0.39 is 16.4 Å². The summed E-state index contributed by atoms with van der Waals surface area (Å²) in [5, 5.41) is 12.9. The highest BCUT2D eigenvalue weighted by Crippen LogP contribution is 2.36. The number of carbonyl (C=O) groups excluding carboxylic acids is 4. The SMILES string of the molecule is C[C@@H]1CCC[N+]1(C(=O)NC(=O)C1CCCC1)C(=O)[C@H](CC1CCCC1)CN(O)C=O. The van der Waals surface area contributed by atoms with Gasteiger partial charge in [-0.3, -0.25) is 14.8 Å². The number of nitrogens with one attached hydrogen (secondary N) is 1. The van der Waals surface area contributed by atoms with E-state index in [0.717, 1.165) is 64.2 Å². The summed E-state index contributed by atoms with van der Waals surface area (Å²) >= 11 is 0. The zero-order valence-corrected chi connectivity index (χ0v) is 18.1. The number of rotatable bonds is 7. The number of amides is 5. The van der Waals surface area contributed by atoms with Gasteiger partial charge < -0.3 is 0 Å². The lowest BCUT2D eigenvalue weighted by Crippen LogP contribution is -2.66. The molecule has 0 aromatic heterocycles. The van der Waals surface area contributed by atoms with Crippen molar-refractivity contribution < 1.29 is 28.9 Å². The Morgan fingerprint density at radius 3 is 2.27 bits per heavy atom. The molecular formula is C22H36N3O5+. The third kappa shape index (κ3) is 4.75. The second-order valence-electron chi connectivity index (χ2n) is 9.51. The Labute approximate surface area is 178 Å². The Balaban J connectivity index is 1.81. The molecule has 8 heteroatoms. The van der Waals surface area contributed by atoms with E-state index in [4.69, 9.17) is 0 Å². The van der Waals surface area contributed by atoms with Gasteiger partial charge in [-0.15, -0.1) is 0 Å². The van der Waals surface area contributed by atoms with Crippen molar-refractivity contribution in [2.45, 2.75) is 83.6 Å². The summed E-state index contributed by atoms with van der Waals surface area (Å²) in [5.74, 6) is -0.967. The third-order valence-electron chi connectivity index (χ3n) is 7.57. The van der Waals surface area contributed by atoms with Crippen molar-refractivity contribution in [2.75, 3.05) is 13.1 Å². The number of imide groups is 2. The number of hydrogen-bond donors (Lipinski definition) is 2. The molecule has 5 amide bonds. The van der Waals surface area contributed by atoms with E-state index >= 15 is 0 Å². The topological polar surface area (TPSA) is 104 Å². The van der Waals surface area contributed by atoms with Crippen molar-refractivity contribution in [3.8, 4) is 0 Å². The first-order chi connectivity index (χ1) is 14.4. The largest absolute Gasteiger partial charge is 0.430 e. The molecule has 168 valence electrons. The Hall–Kier alpha value is -1.80. The maximum Gasteiger partial charge on any atom is 0.430 e. The molecule has 0 aromatic rings. The van der Waals surface area contributed by atoms with Crippen molar-refractivity contribution in [1.29, 1.82) is 0 Å². The molecule has 8 nitrogen and oxygen atoms in total. The number of quaternary nitrogens is 1. The van der Waals surface area contributed by atoms with Crippen molar-refractivity contribution in [1.82, 2.24) is 10.4 Å². The van der Waals surface area contributed by atoms with E-state index in [-0.39, 0.29) is 30.3 Å². The van der Waals surface area contributed by atoms with E-state index in [0.29, 0.717) is 30.4 Å². The Kier molecular flexibility index (Phi) is 7.63. The molecule has 1 saturated heterocycles. The van der Waals surface area contributed by atoms with E-state index in [1.807, 2.05) is 6.92 Å². The van der Waals surface area contributed by atoms with Crippen LogP contribution < -0.4 is 5.32 Å². The van der Waals surface area contributed by atoms with Gasteiger partial charge in [0, 0.05) is 18.8 Å². The number of likely N-dealkylation sites (tertiary alicyclic amines) is 1. The zero-order valence-electron chi connectivity index (χ0n) is 18.1. The van der Waals surface area contributed by atoms with Crippen LogP contribution in [0.15, 0.2) is 0 Å². The molecule has 2 aliphatic carbocycles. The van der Waals surface area contributed by atoms with Crippen molar-refractivity contribution in [2.24, 2.45) is 17.8 Å². The average molecular weight is 423 g/mol. The molecule has 2 saturated carbocycles. The van der Waals surface area contributed by atoms with Gasteiger partial charge >= 0.3 is 11.9 Å². The van der Waals surface area contributed by atoms with Gasteiger partial charge in [0.2, 0.25) is 12.3 Å². The lowest BCUT2D eigenvalue weighted by molar-refractivity contribution is -0.786. The van der Waals surface area contributed by atoms with Crippen LogP contribution in [0.4, 0.5) is 4.79 Å². The van der Waals surface area contributed by atoms with Crippen molar-refractivity contribution in [3.63, 3.8) is 0 Å². The summed E-state index contributed by atoms with van der Waals surface area (Å²) in [6.45, 7) is 2.13. The van der Waals surface area contributed by atoms with Crippen LogP contribution in [0.1, 0.15) is 77.6 Å². The normalized spacial score (nSPS) is 28.4. The first-order valence-electron chi connectivity index (χ1n) is 11.6. The summed E-state index contributed by atoms with van der Waals surface area (Å²) in [5.41, 5.74) is 0. The second kappa shape index (κ2) is 10.0. The van der Waals surface area contributed by atoms with Gasteiger partial charge in [-0.1, -0.05) is 38.5 Å². The molecule has 0 spiro atoms. The molecule has 3 rings (SSSR count). The maximum absolute atomic E-state index is 13.8. The van der Waals surface area contributed by atoms with Crippen LogP contribution in [0, 0.1) is 17.8 Å². The van der Waals surface area contributed by atoms with Gasteiger partial charge in [-0.2, -0.15) is 4.48 Å². The van der Waals surface area contributed by atoms with E-state index in [1.54, 1.807) is 0 Å². The first-order valence-corrected chi connectivity index (χ1v) is 11.6. The minimum atomic E-state index is -0.629. The molecule has 3 fully saturated rings. The molecule has 1 heterocycles. The van der Waals surface area contributed by atoms with Crippen LogP contribution >= 0.6 is 0 Å². The van der Waals surface area contributed by atoms with Gasteiger partial charge in [0.15, 0.2) is 0 Å². The molecule has 2 N–H and O–H groups in total. The molecule has 0 aromatic carbocycles. The molecule has 0 radical (unpaired) electrons. The lowest BCUT2D eigenvalue weighted by atomic mass is 9.91. The Morgan fingerprint density at radius 2 is 1.70 bits per heavy atom. The average Bonchev–Trinajstić information content (AvgIpc) is 3.49. The predicted molar refractivity (Wildman–Crippen MR) is 109 cm³/mol. The van der Waals surface area contributed by atoms with E-state index in [2.05, 4.69) is 5.32 Å². The van der Waals surface area contributed by atoms with Crippen LogP contribution in [-0.2, 0) is 14.4 Å². The number of hydroxylamine groups is 2. The Morgan fingerprint density at radius 1 is 1.07 bits per heavy atom. The summed E-state index contributed by atoms with van der Waals surface area (Å²) in [4.78, 5) is 50.8. The summed E-state index contributed by atoms with van der Waals surface area (Å²) < 4.78 is -0.400. The van der Waals surface area contributed by atoms with Crippen LogP contribution in [0.5, 0.6) is 0 Å². The minimum absolute atomic E-state index is 0.116. The highest BCUT2D eigenvalue weighted by atomic mass is 16.5. The van der Waals surface area contributed by atoms with Gasteiger partial charge in [0.25, 0.3) is 0 Å². The Bertz CT molecular complexity index is 657. The maximum atomic E-state index is 13.8. The first kappa shape index (κ1) is 22.9. The molecule has 1 unspecified atom stereocenters. The molecule has 30 heavy (non-hydrogen) atoms. The van der Waals surface area contributed by atoms with Gasteiger partial charge in [-0.05, 0) is 32.1 Å². The zero-order chi connectivity index (χ0) is 21.7. The third-order valence-corrected chi connectivity index (χ3v) is 7.57.